The highest BCUT2D eigenvalue weighted by atomic mass is 19.3. The fraction of sp³-hybridized carbons (Fsp3) is 0.769. The number of alkyl halides is 2. The summed E-state index contributed by atoms with van der Waals surface area (Å²) < 4.78 is 32.1. The fourth-order valence-corrected chi connectivity index (χ4v) is 2.83. The van der Waals surface area contributed by atoms with E-state index in [2.05, 4.69) is 0 Å². The molecule has 2 rings (SSSR count). The molecule has 0 amide bonds. The molecular formula is C13H19F2NO2. The Balaban J connectivity index is 2.29. The first-order valence-electron chi connectivity index (χ1n) is 6.44. The van der Waals surface area contributed by atoms with Gasteiger partial charge in [-0.25, -0.2) is 8.78 Å². The van der Waals surface area contributed by atoms with E-state index in [4.69, 9.17) is 10.5 Å². The van der Waals surface area contributed by atoms with Gasteiger partial charge in [0.1, 0.15) is 0 Å². The number of hydrogen-bond donors (Lipinski definition) is 1. The topological polar surface area (TPSA) is 52.3 Å². The molecule has 0 aromatic carbocycles. The van der Waals surface area contributed by atoms with Gasteiger partial charge >= 0.3 is 5.97 Å². The van der Waals surface area contributed by atoms with Crippen molar-refractivity contribution in [3.8, 4) is 0 Å². The summed E-state index contributed by atoms with van der Waals surface area (Å²) in [4.78, 5) is 12.0. The lowest BCUT2D eigenvalue weighted by Crippen LogP contribution is -2.45. The second kappa shape index (κ2) is 4.52. The van der Waals surface area contributed by atoms with E-state index in [0.717, 1.165) is 6.42 Å². The average molecular weight is 259 g/mol. The van der Waals surface area contributed by atoms with Crippen molar-refractivity contribution < 1.29 is 18.3 Å². The van der Waals surface area contributed by atoms with E-state index < -0.39 is 17.8 Å². The lowest BCUT2D eigenvalue weighted by molar-refractivity contribution is -0.158. The summed E-state index contributed by atoms with van der Waals surface area (Å²) in [6, 6.07) is 0. The first-order chi connectivity index (χ1) is 8.41. The van der Waals surface area contributed by atoms with Crippen LogP contribution < -0.4 is 5.73 Å². The predicted molar refractivity (Wildman–Crippen MR) is 62.9 cm³/mol. The first kappa shape index (κ1) is 13.3. The highest BCUT2D eigenvalue weighted by Crippen LogP contribution is 2.53. The summed E-state index contributed by atoms with van der Waals surface area (Å²) in [5, 5.41) is 0. The van der Waals surface area contributed by atoms with Crippen molar-refractivity contribution in [2.24, 2.45) is 11.1 Å². The van der Waals surface area contributed by atoms with Crippen LogP contribution in [0.2, 0.25) is 0 Å². The molecule has 0 spiro atoms. The zero-order valence-corrected chi connectivity index (χ0v) is 10.6. The maximum Gasteiger partial charge on any atom is 0.316 e. The SMILES string of the molecule is CCOC(=O)C1(C2=C(N)CCC(F)(F)C2)CCC1. The van der Waals surface area contributed by atoms with Crippen LogP contribution in [0.25, 0.3) is 0 Å². The number of nitrogens with two attached hydrogens (primary N) is 1. The molecule has 3 nitrogen and oxygen atoms in total. The summed E-state index contributed by atoms with van der Waals surface area (Å²) in [6.45, 7) is 1.99. The summed E-state index contributed by atoms with van der Waals surface area (Å²) in [6.07, 6.45) is 1.58. The van der Waals surface area contributed by atoms with E-state index in [1.165, 1.54) is 0 Å². The van der Waals surface area contributed by atoms with Crippen LogP contribution in [0.4, 0.5) is 8.78 Å². The van der Waals surface area contributed by atoms with Crippen molar-refractivity contribution in [3.63, 3.8) is 0 Å². The van der Waals surface area contributed by atoms with Gasteiger partial charge in [-0.1, -0.05) is 6.42 Å². The minimum atomic E-state index is -2.74. The van der Waals surface area contributed by atoms with Crippen molar-refractivity contribution in [2.75, 3.05) is 6.61 Å². The van der Waals surface area contributed by atoms with Gasteiger partial charge in [0, 0.05) is 18.5 Å². The van der Waals surface area contributed by atoms with Crippen molar-refractivity contribution in [1.82, 2.24) is 0 Å². The number of carbonyl (C=O) groups is 1. The third-order valence-electron chi connectivity index (χ3n) is 4.03. The molecule has 0 aromatic heterocycles. The van der Waals surface area contributed by atoms with E-state index in [9.17, 15) is 13.6 Å². The average Bonchev–Trinajstić information content (AvgIpc) is 2.22. The molecule has 2 aliphatic carbocycles. The molecule has 0 radical (unpaired) electrons. The highest BCUT2D eigenvalue weighted by Gasteiger charge is 2.53. The van der Waals surface area contributed by atoms with Crippen LogP contribution in [0.1, 0.15) is 45.4 Å². The Labute approximate surface area is 105 Å². The molecule has 1 fully saturated rings. The Morgan fingerprint density at radius 3 is 2.56 bits per heavy atom. The molecule has 1 saturated carbocycles. The largest absolute Gasteiger partial charge is 0.465 e. The van der Waals surface area contributed by atoms with Crippen LogP contribution in [0, 0.1) is 5.41 Å². The normalized spacial score (nSPS) is 25.5. The van der Waals surface area contributed by atoms with Crippen molar-refractivity contribution in [2.45, 2.75) is 51.4 Å². The first-order valence-corrected chi connectivity index (χ1v) is 6.44. The molecule has 2 aliphatic rings. The molecule has 18 heavy (non-hydrogen) atoms. The monoisotopic (exact) mass is 259 g/mol. The third-order valence-corrected chi connectivity index (χ3v) is 4.03. The van der Waals surface area contributed by atoms with E-state index >= 15 is 0 Å². The zero-order chi connectivity index (χ0) is 13.4. The van der Waals surface area contributed by atoms with Gasteiger partial charge in [0.05, 0.1) is 12.0 Å². The van der Waals surface area contributed by atoms with Crippen LogP contribution in [-0.2, 0) is 9.53 Å². The molecule has 0 saturated heterocycles. The quantitative estimate of drug-likeness (QED) is 0.793. The third kappa shape index (κ3) is 2.10. The summed E-state index contributed by atoms with van der Waals surface area (Å²) >= 11 is 0. The van der Waals surface area contributed by atoms with Gasteiger partial charge in [-0.2, -0.15) is 0 Å². The Kier molecular flexibility index (Phi) is 3.34. The molecule has 0 atom stereocenters. The van der Waals surface area contributed by atoms with Crippen molar-refractivity contribution in [3.05, 3.63) is 11.3 Å². The smallest absolute Gasteiger partial charge is 0.316 e. The van der Waals surface area contributed by atoms with Gasteiger partial charge in [0.2, 0.25) is 0 Å². The molecule has 0 unspecified atom stereocenters. The number of rotatable bonds is 3. The van der Waals surface area contributed by atoms with Gasteiger partial charge in [-0.05, 0) is 31.8 Å². The minimum absolute atomic E-state index is 0.170. The molecule has 0 aliphatic heterocycles. The van der Waals surface area contributed by atoms with Gasteiger partial charge < -0.3 is 10.5 Å². The van der Waals surface area contributed by atoms with Gasteiger partial charge in [0.25, 0.3) is 5.92 Å². The second-order valence-corrected chi connectivity index (χ2v) is 5.19. The van der Waals surface area contributed by atoms with Gasteiger partial charge in [-0.3, -0.25) is 4.79 Å². The van der Waals surface area contributed by atoms with E-state index in [1.54, 1.807) is 6.92 Å². The maximum atomic E-state index is 13.5. The number of carbonyl (C=O) groups excluding carboxylic acids is 1. The van der Waals surface area contributed by atoms with Crippen LogP contribution in [0.3, 0.4) is 0 Å². The van der Waals surface area contributed by atoms with Crippen LogP contribution in [-0.4, -0.2) is 18.5 Å². The standard InChI is InChI=1S/C13H19F2NO2/c1-2-18-11(17)12(5-3-6-12)9-8-13(14,15)7-4-10(9)16/h2-8,16H2,1H3. The molecule has 5 heteroatoms. The van der Waals surface area contributed by atoms with E-state index in [-0.39, 0.29) is 25.4 Å². The molecule has 0 bridgehead atoms. The number of esters is 1. The van der Waals surface area contributed by atoms with Gasteiger partial charge in [0.15, 0.2) is 0 Å². The fourth-order valence-electron chi connectivity index (χ4n) is 2.83. The molecular weight excluding hydrogens is 240 g/mol. The molecule has 2 N–H and O–H groups in total. The Hall–Kier alpha value is -1.13. The van der Waals surface area contributed by atoms with E-state index in [1.807, 2.05) is 0 Å². The molecule has 0 aromatic rings. The summed E-state index contributed by atoms with van der Waals surface area (Å²) in [5.41, 5.74) is 5.91. The van der Waals surface area contributed by atoms with Crippen molar-refractivity contribution in [1.29, 1.82) is 0 Å². The predicted octanol–water partition coefficient (Wildman–Crippen LogP) is 2.75. The zero-order valence-electron chi connectivity index (χ0n) is 10.6. The van der Waals surface area contributed by atoms with Crippen LogP contribution >= 0.6 is 0 Å². The van der Waals surface area contributed by atoms with E-state index in [0.29, 0.717) is 24.1 Å². The number of ether oxygens (including phenoxy) is 1. The van der Waals surface area contributed by atoms with Gasteiger partial charge in [-0.15, -0.1) is 0 Å². The number of halogens is 2. The number of hydrogen-bond acceptors (Lipinski definition) is 3. The Bertz CT molecular complexity index is 386. The van der Waals surface area contributed by atoms with Crippen molar-refractivity contribution >= 4 is 5.97 Å². The second-order valence-electron chi connectivity index (χ2n) is 5.19. The maximum absolute atomic E-state index is 13.5. The van der Waals surface area contributed by atoms with Crippen LogP contribution in [0.5, 0.6) is 0 Å². The summed E-state index contributed by atoms with van der Waals surface area (Å²) in [7, 11) is 0. The summed E-state index contributed by atoms with van der Waals surface area (Å²) in [5.74, 6) is -3.13. The Morgan fingerprint density at radius 1 is 1.39 bits per heavy atom. The lowest BCUT2D eigenvalue weighted by atomic mass is 9.61. The molecule has 102 valence electrons. The van der Waals surface area contributed by atoms with Crippen LogP contribution in [0.15, 0.2) is 11.3 Å². The minimum Gasteiger partial charge on any atom is -0.465 e. The Morgan fingerprint density at radius 2 is 2.06 bits per heavy atom. The lowest BCUT2D eigenvalue weighted by Gasteiger charge is -2.44. The number of allylic oxidation sites excluding steroid dienone is 1. The molecule has 0 heterocycles. The highest BCUT2D eigenvalue weighted by molar-refractivity contribution is 5.82.